The molecule has 4 aromatic rings. The normalized spacial score (nSPS) is 10.8. The third-order valence-corrected chi connectivity index (χ3v) is 4.27. The van der Waals surface area contributed by atoms with Crippen molar-refractivity contribution in [3.05, 3.63) is 77.8 Å². The van der Waals surface area contributed by atoms with Gasteiger partial charge in [0.15, 0.2) is 5.82 Å². The molecule has 0 unspecified atom stereocenters. The Bertz CT molecular complexity index is 1050. The van der Waals surface area contributed by atoms with Crippen LogP contribution < -0.4 is 4.74 Å². The van der Waals surface area contributed by atoms with Crippen molar-refractivity contribution in [3.63, 3.8) is 0 Å². The molecule has 0 amide bonds. The van der Waals surface area contributed by atoms with E-state index in [1.165, 1.54) is 0 Å². The van der Waals surface area contributed by atoms with Gasteiger partial charge in [-0.05, 0) is 30.3 Å². The number of aromatic nitrogens is 2. The molecule has 0 N–H and O–H groups in total. The van der Waals surface area contributed by atoms with Crippen LogP contribution in [-0.4, -0.2) is 17.1 Å². The minimum atomic E-state index is 0.660. The zero-order valence-electron chi connectivity index (χ0n) is 13.6. The second-order valence-electron chi connectivity index (χ2n) is 5.66. The highest BCUT2D eigenvalue weighted by Gasteiger charge is 2.12. The number of nitrogens with zero attached hydrogens (tertiary/aromatic N) is 2. The lowest BCUT2D eigenvalue weighted by atomic mass is 10.1. The van der Waals surface area contributed by atoms with Crippen LogP contribution in [0.15, 0.2) is 72.8 Å². The largest absolute Gasteiger partial charge is 0.497 e. The van der Waals surface area contributed by atoms with E-state index in [1.807, 2.05) is 72.8 Å². The summed E-state index contributed by atoms with van der Waals surface area (Å²) in [5, 5.41) is 1.60. The van der Waals surface area contributed by atoms with E-state index >= 15 is 0 Å². The minimum Gasteiger partial charge on any atom is -0.497 e. The molecule has 0 saturated carbocycles. The third kappa shape index (κ3) is 3.06. The van der Waals surface area contributed by atoms with Crippen LogP contribution in [0.3, 0.4) is 0 Å². The Morgan fingerprint density at radius 3 is 2.40 bits per heavy atom. The number of ether oxygens (including phenoxy) is 1. The topological polar surface area (TPSA) is 35.0 Å². The highest BCUT2D eigenvalue weighted by atomic mass is 35.5. The third-order valence-electron chi connectivity index (χ3n) is 4.03. The molecule has 0 aliphatic rings. The van der Waals surface area contributed by atoms with E-state index in [2.05, 4.69) is 0 Å². The average Bonchev–Trinajstić information content (AvgIpc) is 2.68. The summed E-state index contributed by atoms with van der Waals surface area (Å²) in [6.07, 6.45) is 0. The first-order chi connectivity index (χ1) is 12.2. The zero-order chi connectivity index (χ0) is 17.2. The van der Waals surface area contributed by atoms with Crippen molar-refractivity contribution in [2.45, 2.75) is 0 Å². The van der Waals surface area contributed by atoms with Crippen LogP contribution in [0.2, 0.25) is 5.02 Å². The van der Waals surface area contributed by atoms with Crippen molar-refractivity contribution in [2.24, 2.45) is 0 Å². The Kier molecular flexibility index (Phi) is 4.08. The number of rotatable bonds is 3. The monoisotopic (exact) mass is 346 g/mol. The molecule has 4 rings (SSSR count). The highest BCUT2D eigenvalue weighted by molar-refractivity contribution is 6.31. The fraction of sp³-hybridized carbons (Fsp3) is 0.0476. The van der Waals surface area contributed by atoms with Gasteiger partial charge in [-0.2, -0.15) is 0 Å². The summed E-state index contributed by atoms with van der Waals surface area (Å²) in [4.78, 5) is 9.56. The molecule has 0 fully saturated rings. The van der Waals surface area contributed by atoms with Gasteiger partial charge >= 0.3 is 0 Å². The van der Waals surface area contributed by atoms with Crippen molar-refractivity contribution in [1.82, 2.24) is 9.97 Å². The highest BCUT2D eigenvalue weighted by Crippen LogP contribution is 2.31. The molecular formula is C21H15ClN2O. The van der Waals surface area contributed by atoms with Crippen LogP contribution >= 0.6 is 11.6 Å². The smallest absolute Gasteiger partial charge is 0.160 e. The first-order valence-electron chi connectivity index (χ1n) is 7.92. The van der Waals surface area contributed by atoms with Crippen LogP contribution in [0.1, 0.15) is 0 Å². The van der Waals surface area contributed by atoms with Crippen molar-refractivity contribution >= 4 is 22.5 Å². The number of benzene rings is 3. The van der Waals surface area contributed by atoms with Crippen molar-refractivity contribution in [3.8, 4) is 28.4 Å². The number of hydrogen-bond acceptors (Lipinski definition) is 3. The number of fused-ring (bicyclic) bond motifs is 1. The van der Waals surface area contributed by atoms with E-state index in [4.69, 9.17) is 26.3 Å². The van der Waals surface area contributed by atoms with E-state index < -0.39 is 0 Å². The molecule has 0 atom stereocenters. The van der Waals surface area contributed by atoms with E-state index in [0.717, 1.165) is 33.5 Å². The molecule has 0 saturated heterocycles. The molecular weight excluding hydrogens is 332 g/mol. The molecule has 0 aliphatic heterocycles. The van der Waals surface area contributed by atoms with Gasteiger partial charge in [0.25, 0.3) is 0 Å². The van der Waals surface area contributed by atoms with Gasteiger partial charge in [0.1, 0.15) is 5.75 Å². The number of hydrogen-bond donors (Lipinski definition) is 0. The lowest BCUT2D eigenvalue weighted by molar-refractivity contribution is 0.415. The lowest BCUT2D eigenvalue weighted by Gasteiger charge is -2.10. The Morgan fingerprint density at radius 2 is 1.60 bits per heavy atom. The van der Waals surface area contributed by atoms with Crippen molar-refractivity contribution < 1.29 is 4.74 Å². The summed E-state index contributed by atoms with van der Waals surface area (Å²) in [7, 11) is 1.65. The van der Waals surface area contributed by atoms with Gasteiger partial charge in [-0.3, -0.25) is 0 Å². The molecule has 0 aliphatic carbocycles. The van der Waals surface area contributed by atoms with E-state index in [-0.39, 0.29) is 0 Å². The van der Waals surface area contributed by atoms with Gasteiger partial charge in [-0.15, -0.1) is 0 Å². The van der Waals surface area contributed by atoms with Gasteiger partial charge in [-0.25, -0.2) is 9.97 Å². The summed E-state index contributed by atoms with van der Waals surface area (Å²) in [6.45, 7) is 0. The fourth-order valence-electron chi connectivity index (χ4n) is 2.81. The molecule has 25 heavy (non-hydrogen) atoms. The summed E-state index contributed by atoms with van der Waals surface area (Å²) >= 11 is 6.20. The predicted molar refractivity (Wildman–Crippen MR) is 102 cm³/mol. The molecule has 122 valence electrons. The first-order valence-corrected chi connectivity index (χ1v) is 8.29. The van der Waals surface area contributed by atoms with Crippen LogP contribution in [-0.2, 0) is 0 Å². The SMILES string of the molecule is COc1cccc(-c2nc(-c3ccccc3)c3cc(Cl)ccc3n2)c1. The average molecular weight is 347 g/mol. The van der Waals surface area contributed by atoms with Gasteiger partial charge < -0.3 is 4.74 Å². The predicted octanol–water partition coefficient (Wildman–Crippen LogP) is 5.63. The molecule has 0 radical (unpaired) electrons. The summed E-state index contributed by atoms with van der Waals surface area (Å²) in [5.41, 5.74) is 3.66. The zero-order valence-corrected chi connectivity index (χ0v) is 14.4. The summed E-state index contributed by atoms with van der Waals surface area (Å²) in [5.74, 6) is 1.44. The van der Waals surface area contributed by atoms with Crippen LogP contribution in [0.25, 0.3) is 33.5 Å². The van der Waals surface area contributed by atoms with E-state index in [0.29, 0.717) is 10.8 Å². The van der Waals surface area contributed by atoms with Gasteiger partial charge in [0.05, 0.1) is 18.3 Å². The molecule has 3 aromatic carbocycles. The summed E-state index contributed by atoms with van der Waals surface area (Å²) in [6, 6.07) is 23.5. The Labute approximate surface area is 150 Å². The molecule has 4 heteroatoms. The first kappa shape index (κ1) is 15.6. The Balaban J connectivity index is 1.99. The number of methoxy groups -OCH3 is 1. The second-order valence-corrected chi connectivity index (χ2v) is 6.09. The van der Waals surface area contributed by atoms with Gasteiger partial charge in [0, 0.05) is 21.5 Å². The maximum Gasteiger partial charge on any atom is 0.160 e. The van der Waals surface area contributed by atoms with Crippen LogP contribution in [0.5, 0.6) is 5.75 Å². The van der Waals surface area contributed by atoms with E-state index in [9.17, 15) is 0 Å². The fourth-order valence-corrected chi connectivity index (χ4v) is 2.98. The van der Waals surface area contributed by atoms with Crippen molar-refractivity contribution in [2.75, 3.05) is 7.11 Å². The quantitative estimate of drug-likeness (QED) is 0.482. The maximum absolute atomic E-state index is 6.20. The molecule has 3 nitrogen and oxygen atoms in total. The van der Waals surface area contributed by atoms with Gasteiger partial charge in [-0.1, -0.05) is 54.1 Å². The summed E-state index contributed by atoms with van der Waals surface area (Å²) < 4.78 is 5.32. The Morgan fingerprint density at radius 1 is 0.800 bits per heavy atom. The standard InChI is InChI=1S/C21H15ClN2O/c1-25-17-9-5-8-15(12-17)21-23-19-11-10-16(22)13-18(19)20(24-21)14-6-3-2-4-7-14/h2-13H,1H3. The van der Waals surface area contributed by atoms with Crippen LogP contribution in [0.4, 0.5) is 0 Å². The molecule has 1 aromatic heterocycles. The second kappa shape index (κ2) is 6.54. The maximum atomic E-state index is 6.20. The van der Waals surface area contributed by atoms with E-state index in [1.54, 1.807) is 7.11 Å². The number of halogens is 1. The molecule has 1 heterocycles. The minimum absolute atomic E-state index is 0.660. The molecule has 0 bridgehead atoms. The Hall–Kier alpha value is -2.91. The molecule has 0 spiro atoms. The van der Waals surface area contributed by atoms with Crippen LogP contribution in [0, 0.1) is 0 Å². The van der Waals surface area contributed by atoms with Gasteiger partial charge in [0.2, 0.25) is 0 Å². The van der Waals surface area contributed by atoms with Crippen molar-refractivity contribution in [1.29, 1.82) is 0 Å². The lowest BCUT2D eigenvalue weighted by Crippen LogP contribution is -1.95.